The molecule has 0 bridgehead atoms. The van der Waals surface area contributed by atoms with E-state index in [-0.39, 0.29) is 11.7 Å². The van der Waals surface area contributed by atoms with Crippen molar-refractivity contribution >= 4 is 0 Å². The monoisotopic (exact) mass is 234 g/mol. The third kappa shape index (κ3) is 2.42. The molecule has 1 atom stereocenters. The number of hydrogen-bond donors (Lipinski definition) is 1. The van der Waals surface area contributed by atoms with Crippen molar-refractivity contribution in [2.45, 2.75) is 13.0 Å². The van der Waals surface area contributed by atoms with E-state index in [0.717, 1.165) is 5.56 Å². The molecule has 6 heteroatoms. The first-order chi connectivity index (χ1) is 8.10. The van der Waals surface area contributed by atoms with Crippen LogP contribution in [0, 0.1) is 0 Å². The second-order valence-corrected chi connectivity index (χ2v) is 3.80. The SMILES string of the molecule is COC(C)c1nc(-c2cnn(C)c2)cc(=O)[nH]1. The second-order valence-electron chi connectivity index (χ2n) is 3.80. The maximum atomic E-state index is 11.5. The molecule has 2 rings (SSSR count). The average Bonchev–Trinajstić information content (AvgIpc) is 2.74. The smallest absolute Gasteiger partial charge is 0.251 e. The molecule has 0 amide bonds. The van der Waals surface area contributed by atoms with Crippen LogP contribution in [0.2, 0.25) is 0 Å². The summed E-state index contributed by atoms with van der Waals surface area (Å²) in [6, 6.07) is 1.45. The molecule has 1 N–H and O–H groups in total. The van der Waals surface area contributed by atoms with Gasteiger partial charge in [-0.1, -0.05) is 0 Å². The summed E-state index contributed by atoms with van der Waals surface area (Å²) in [6.45, 7) is 1.82. The summed E-state index contributed by atoms with van der Waals surface area (Å²) < 4.78 is 6.80. The molecule has 2 aromatic heterocycles. The molecule has 1 unspecified atom stereocenters. The Morgan fingerprint density at radius 1 is 1.53 bits per heavy atom. The van der Waals surface area contributed by atoms with E-state index in [1.54, 1.807) is 18.0 Å². The van der Waals surface area contributed by atoms with E-state index in [1.807, 2.05) is 20.2 Å². The number of rotatable bonds is 3. The van der Waals surface area contributed by atoms with Crippen LogP contribution in [0.4, 0.5) is 0 Å². The molecular formula is C11H14N4O2. The fraction of sp³-hybridized carbons (Fsp3) is 0.364. The molecule has 0 radical (unpaired) electrons. The van der Waals surface area contributed by atoms with E-state index < -0.39 is 0 Å². The molecule has 0 aliphatic rings. The van der Waals surface area contributed by atoms with Crippen LogP contribution in [-0.2, 0) is 11.8 Å². The fourth-order valence-corrected chi connectivity index (χ4v) is 1.48. The number of nitrogens with one attached hydrogen (secondary N) is 1. The predicted octanol–water partition coefficient (Wildman–Crippen LogP) is 0.878. The highest BCUT2D eigenvalue weighted by molar-refractivity contribution is 5.56. The topological polar surface area (TPSA) is 72.8 Å². The quantitative estimate of drug-likeness (QED) is 0.855. The molecule has 0 spiro atoms. The molecule has 0 saturated carbocycles. The summed E-state index contributed by atoms with van der Waals surface area (Å²) in [5.74, 6) is 0.513. The Labute approximate surface area is 98.3 Å². The Morgan fingerprint density at radius 3 is 2.88 bits per heavy atom. The predicted molar refractivity (Wildman–Crippen MR) is 62.5 cm³/mol. The summed E-state index contributed by atoms with van der Waals surface area (Å²) in [5.41, 5.74) is 1.21. The van der Waals surface area contributed by atoms with Crippen LogP contribution >= 0.6 is 0 Å². The van der Waals surface area contributed by atoms with Crippen LogP contribution in [0.3, 0.4) is 0 Å². The van der Waals surface area contributed by atoms with E-state index in [1.165, 1.54) is 6.07 Å². The van der Waals surface area contributed by atoms with Gasteiger partial charge in [0, 0.05) is 32.0 Å². The van der Waals surface area contributed by atoms with Gasteiger partial charge in [-0.3, -0.25) is 9.48 Å². The number of aryl methyl sites for hydroxylation is 1. The van der Waals surface area contributed by atoms with Crippen molar-refractivity contribution in [1.82, 2.24) is 19.7 Å². The highest BCUT2D eigenvalue weighted by Crippen LogP contribution is 2.16. The maximum Gasteiger partial charge on any atom is 0.251 e. The van der Waals surface area contributed by atoms with Gasteiger partial charge in [0.05, 0.1) is 11.9 Å². The Morgan fingerprint density at radius 2 is 2.29 bits per heavy atom. The van der Waals surface area contributed by atoms with Crippen LogP contribution in [0.15, 0.2) is 23.3 Å². The fourth-order valence-electron chi connectivity index (χ4n) is 1.48. The van der Waals surface area contributed by atoms with Gasteiger partial charge in [-0.25, -0.2) is 4.98 Å². The minimum absolute atomic E-state index is 0.197. The lowest BCUT2D eigenvalue weighted by molar-refractivity contribution is 0.112. The van der Waals surface area contributed by atoms with Gasteiger partial charge in [0.25, 0.3) is 5.56 Å². The number of nitrogens with zero attached hydrogens (tertiary/aromatic N) is 3. The van der Waals surface area contributed by atoms with Crippen LogP contribution < -0.4 is 5.56 Å². The maximum absolute atomic E-state index is 11.5. The zero-order chi connectivity index (χ0) is 12.4. The van der Waals surface area contributed by atoms with Gasteiger partial charge in [-0.05, 0) is 6.92 Å². The highest BCUT2D eigenvalue weighted by Gasteiger charge is 2.10. The molecule has 2 aromatic rings. The Bertz CT molecular complexity index is 573. The number of aromatic nitrogens is 4. The lowest BCUT2D eigenvalue weighted by Crippen LogP contribution is -2.13. The first kappa shape index (κ1) is 11.5. The molecule has 0 aliphatic heterocycles. The Balaban J connectivity index is 2.48. The van der Waals surface area contributed by atoms with E-state index in [2.05, 4.69) is 15.1 Å². The van der Waals surface area contributed by atoms with Crippen molar-refractivity contribution in [3.8, 4) is 11.3 Å². The van der Waals surface area contributed by atoms with Crippen LogP contribution in [0.5, 0.6) is 0 Å². The average molecular weight is 234 g/mol. The Hall–Kier alpha value is -1.95. The van der Waals surface area contributed by atoms with Crippen molar-refractivity contribution in [2.24, 2.45) is 7.05 Å². The molecule has 0 aliphatic carbocycles. The van der Waals surface area contributed by atoms with E-state index >= 15 is 0 Å². The van der Waals surface area contributed by atoms with Crippen molar-refractivity contribution < 1.29 is 4.74 Å². The van der Waals surface area contributed by atoms with Crippen LogP contribution in [-0.4, -0.2) is 26.9 Å². The van der Waals surface area contributed by atoms with Crippen molar-refractivity contribution in [1.29, 1.82) is 0 Å². The largest absolute Gasteiger partial charge is 0.374 e. The van der Waals surface area contributed by atoms with Crippen molar-refractivity contribution in [3.63, 3.8) is 0 Å². The number of aromatic amines is 1. The second kappa shape index (κ2) is 4.50. The summed E-state index contributed by atoms with van der Waals surface area (Å²) in [4.78, 5) is 18.5. The van der Waals surface area contributed by atoms with Crippen LogP contribution in [0.1, 0.15) is 18.9 Å². The summed E-state index contributed by atoms with van der Waals surface area (Å²) >= 11 is 0. The molecular weight excluding hydrogens is 220 g/mol. The minimum atomic E-state index is -0.251. The molecule has 0 fully saturated rings. The van der Waals surface area contributed by atoms with E-state index in [4.69, 9.17) is 4.74 Å². The highest BCUT2D eigenvalue weighted by atomic mass is 16.5. The molecule has 0 aromatic carbocycles. The minimum Gasteiger partial charge on any atom is -0.374 e. The third-order valence-electron chi connectivity index (χ3n) is 2.50. The molecule has 0 saturated heterocycles. The van der Waals surface area contributed by atoms with Gasteiger partial charge < -0.3 is 9.72 Å². The van der Waals surface area contributed by atoms with Gasteiger partial charge >= 0.3 is 0 Å². The summed E-state index contributed by atoms with van der Waals surface area (Å²) in [7, 11) is 3.39. The van der Waals surface area contributed by atoms with Gasteiger partial charge in [0.1, 0.15) is 11.9 Å². The first-order valence-corrected chi connectivity index (χ1v) is 5.23. The first-order valence-electron chi connectivity index (χ1n) is 5.23. The van der Waals surface area contributed by atoms with Gasteiger partial charge in [-0.15, -0.1) is 0 Å². The zero-order valence-corrected chi connectivity index (χ0v) is 9.97. The van der Waals surface area contributed by atoms with Gasteiger partial charge in [0.2, 0.25) is 0 Å². The van der Waals surface area contributed by atoms with Gasteiger partial charge in [0.15, 0.2) is 0 Å². The molecule has 17 heavy (non-hydrogen) atoms. The zero-order valence-electron chi connectivity index (χ0n) is 9.97. The molecule has 6 nitrogen and oxygen atoms in total. The lowest BCUT2D eigenvalue weighted by atomic mass is 10.2. The lowest BCUT2D eigenvalue weighted by Gasteiger charge is -2.08. The molecule has 2 heterocycles. The third-order valence-corrected chi connectivity index (χ3v) is 2.50. The number of methoxy groups -OCH3 is 1. The van der Waals surface area contributed by atoms with E-state index in [0.29, 0.717) is 11.5 Å². The standard InChI is InChI=1S/C11H14N4O2/c1-7(17-3)11-13-9(4-10(16)14-11)8-5-12-15(2)6-8/h4-7H,1-3H3,(H,13,14,16). The van der Waals surface area contributed by atoms with Crippen molar-refractivity contribution in [2.75, 3.05) is 7.11 Å². The number of hydrogen-bond acceptors (Lipinski definition) is 4. The Kier molecular flexibility index (Phi) is 3.06. The number of ether oxygens (including phenoxy) is 1. The summed E-state index contributed by atoms with van der Waals surface area (Å²) in [6.07, 6.45) is 3.23. The van der Waals surface area contributed by atoms with E-state index in [9.17, 15) is 4.79 Å². The van der Waals surface area contributed by atoms with Crippen molar-refractivity contribution in [3.05, 3.63) is 34.6 Å². The van der Waals surface area contributed by atoms with Crippen LogP contribution in [0.25, 0.3) is 11.3 Å². The molecule has 90 valence electrons. The van der Waals surface area contributed by atoms with Gasteiger partial charge in [-0.2, -0.15) is 5.10 Å². The summed E-state index contributed by atoms with van der Waals surface area (Å²) in [5, 5.41) is 4.05. The number of H-pyrrole nitrogens is 1. The normalized spacial score (nSPS) is 12.6.